The average Bonchev–Trinajstić information content (AvgIpc) is 2.49. The van der Waals surface area contributed by atoms with Gasteiger partial charge in [-0.05, 0) is 38.4 Å². The maximum Gasteiger partial charge on any atom is 0.0484 e. The lowest BCUT2D eigenvalue weighted by Crippen LogP contribution is -2.55. The van der Waals surface area contributed by atoms with Gasteiger partial charge in [0.25, 0.3) is 0 Å². The van der Waals surface area contributed by atoms with Gasteiger partial charge in [-0.2, -0.15) is 0 Å². The first-order valence-electron chi connectivity index (χ1n) is 8.09. The molecular weight excluding hydrogens is 260 g/mol. The van der Waals surface area contributed by atoms with Crippen molar-refractivity contribution in [2.75, 3.05) is 33.9 Å². The maximum atomic E-state index is 5.56. The summed E-state index contributed by atoms with van der Waals surface area (Å²) in [4.78, 5) is 2.38. The molecule has 0 bridgehead atoms. The summed E-state index contributed by atoms with van der Waals surface area (Å²) in [5.74, 6) is 0.575. The second kappa shape index (κ2) is 7.39. The van der Waals surface area contributed by atoms with Crippen molar-refractivity contribution >= 4 is 0 Å². The summed E-state index contributed by atoms with van der Waals surface area (Å²) < 4.78 is 5.56. The Hall–Kier alpha value is -0.900. The SMILES string of the molecule is CC(C)C(NCC1(N(C)C)CCOCC1)c1ccccc1. The first-order chi connectivity index (χ1) is 10.1. The number of hydrogen-bond acceptors (Lipinski definition) is 3. The Balaban J connectivity index is 2.07. The van der Waals surface area contributed by atoms with Crippen LogP contribution in [-0.4, -0.2) is 44.3 Å². The van der Waals surface area contributed by atoms with Gasteiger partial charge in [0.2, 0.25) is 0 Å². The molecule has 21 heavy (non-hydrogen) atoms. The molecule has 1 N–H and O–H groups in total. The fourth-order valence-corrected chi connectivity index (χ4v) is 3.23. The smallest absolute Gasteiger partial charge is 0.0484 e. The third-order valence-corrected chi connectivity index (χ3v) is 4.85. The lowest BCUT2D eigenvalue weighted by molar-refractivity contribution is -0.00895. The molecule has 118 valence electrons. The molecule has 1 fully saturated rings. The summed E-state index contributed by atoms with van der Waals surface area (Å²) in [6.45, 7) is 7.34. The molecule has 1 aliphatic heterocycles. The minimum Gasteiger partial charge on any atom is -0.381 e. The molecule has 1 aliphatic rings. The van der Waals surface area contributed by atoms with E-state index in [0.717, 1.165) is 32.6 Å². The minimum absolute atomic E-state index is 0.222. The molecule has 1 heterocycles. The van der Waals surface area contributed by atoms with Crippen LogP contribution in [0.5, 0.6) is 0 Å². The highest BCUT2D eigenvalue weighted by Gasteiger charge is 2.35. The fraction of sp³-hybridized carbons (Fsp3) is 0.667. The fourth-order valence-electron chi connectivity index (χ4n) is 3.23. The molecule has 0 radical (unpaired) electrons. The van der Waals surface area contributed by atoms with E-state index in [2.05, 4.69) is 68.5 Å². The minimum atomic E-state index is 0.222. The molecule has 1 atom stereocenters. The van der Waals surface area contributed by atoms with Crippen molar-refractivity contribution in [3.63, 3.8) is 0 Å². The Morgan fingerprint density at radius 2 is 1.76 bits per heavy atom. The monoisotopic (exact) mass is 290 g/mol. The predicted octanol–water partition coefficient (Wildman–Crippen LogP) is 3.08. The molecular formula is C18H30N2O. The van der Waals surface area contributed by atoms with Crippen molar-refractivity contribution in [1.82, 2.24) is 10.2 Å². The summed E-state index contributed by atoms with van der Waals surface area (Å²) in [5.41, 5.74) is 1.61. The molecule has 0 amide bonds. The number of rotatable bonds is 6. The first-order valence-corrected chi connectivity index (χ1v) is 8.09. The van der Waals surface area contributed by atoms with Crippen LogP contribution >= 0.6 is 0 Å². The van der Waals surface area contributed by atoms with Crippen molar-refractivity contribution in [3.05, 3.63) is 35.9 Å². The third-order valence-electron chi connectivity index (χ3n) is 4.85. The highest BCUT2D eigenvalue weighted by Crippen LogP contribution is 2.28. The Labute approximate surface area is 129 Å². The van der Waals surface area contributed by atoms with Crippen LogP contribution < -0.4 is 5.32 Å². The van der Waals surface area contributed by atoms with Gasteiger partial charge in [0, 0.05) is 31.3 Å². The molecule has 0 saturated carbocycles. The second-order valence-electron chi connectivity index (χ2n) is 6.74. The van der Waals surface area contributed by atoms with Gasteiger partial charge in [-0.3, -0.25) is 0 Å². The average molecular weight is 290 g/mol. The van der Waals surface area contributed by atoms with Gasteiger partial charge in [0.05, 0.1) is 0 Å². The number of nitrogens with one attached hydrogen (secondary N) is 1. The van der Waals surface area contributed by atoms with E-state index in [1.165, 1.54) is 5.56 Å². The highest BCUT2D eigenvalue weighted by molar-refractivity contribution is 5.19. The van der Waals surface area contributed by atoms with Crippen molar-refractivity contribution in [2.24, 2.45) is 5.92 Å². The van der Waals surface area contributed by atoms with Gasteiger partial charge in [0.1, 0.15) is 0 Å². The zero-order valence-corrected chi connectivity index (χ0v) is 13.9. The van der Waals surface area contributed by atoms with Crippen LogP contribution in [0.15, 0.2) is 30.3 Å². The standard InChI is InChI=1S/C18H30N2O/c1-15(2)17(16-8-6-5-7-9-16)19-14-18(20(3)4)10-12-21-13-11-18/h5-9,15,17,19H,10-14H2,1-4H3. The van der Waals surface area contributed by atoms with E-state index in [9.17, 15) is 0 Å². The number of nitrogens with zero attached hydrogens (tertiary/aromatic N) is 1. The van der Waals surface area contributed by atoms with Crippen LogP contribution in [0.25, 0.3) is 0 Å². The third kappa shape index (κ3) is 4.06. The Morgan fingerprint density at radius 3 is 2.29 bits per heavy atom. The van der Waals surface area contributed by atoms with E-state index >= 15 is 0 Å². The van der Waals surface area contributed by atoms with Crippen LogP contribution in [0, 0.1) is 5.92 Å². The van der Waals surface area contributed by atoms with Gasteiger partial charge in [-0.1, -0.05) is 44.2 Å². The molecule has 1 aromatic carbocycles. The van der Waals surface area contributed by atoms with Gasteiger partial charge in [0.15, 0.2) is 0 Å². The van der Waals surface area contributed by atoms with E-state index in [-0.39, 0.29) is 5.54 Å². The molecule has 1 saturated heterocycles. The van der Waals surface area contributed by atoms with Gasteiger partial charge in [-0.25, -0.2) is 0 Å². The molecule has 1 unspecified atom stereocenters. The summed E-state index contributed by atoms with van der Waals surface area (Å²) in [5, 5.41) is 3.83. The number of likely N-dealkylation sites (N-methyl/N-ethyl adjacent to an activating group) is 1. The van der Waals surface area contributed by atoms with Crippen LogP contribution in [0.2, 0.25) is 0 Å². The van der Waals surface area contributed by atoms with Gasteiger partial charge in [-0.15, -0.1) is 0 Å². The maximum absolute atomic E-state index is 5.56. The van der Waals surface area contributed by atoms with Gasteiger partial charge >= 0.3 is 0 Å². The van der Waals surface area contributed by atoms with Crippen molar-refractivity contribution in [3.8, 4) is 0 Å². The zero-order chi connectivity index (χ0) is 15.3. The highest BCUT2D eigenvalue weighted by atomic mass is 16.5. The Bertz CT molecular complexity index is 410. The molecule has 0 aliphatic carbocycles. The lowest BCUT2D eigenvalue weighted by Gasteiger charge is -2.44. The Kier molecular flexibility index (Phi) is 5.80. The van der Waals surface area contributed by atoms with Crippen molar-refractivity contribution in [2.45, 2.75) is 38.3 Å². The largest absolute Gasteiger partial charge is 0.381 e. The summed E-state index contributed by atoms with van der Waals surface area (Å²) >= 11 is 0. The van der Waals surface area contributed by atoms with E-state index in [0.29, 0.717) is 12.0 Å². The molecule has 3 nitrogen and oxygen atoms in total. The summed E-state index contributed by atoms with van der Waals surface area (Å²) in [6.07, 6.45) is 2.21. The van der Waals surface area contributed by atoms with Crippen LogP contribution in [0.4, 0.5) is 0 Å². The zero-order valence-electron chi connectivity index (χ0n) is 13.9. The molecule has 3 heteroatoms. The van der Waals surface area contributed by atoms with E-state index in [1.54, 1.807) is 0 Å². The second-order valence-corrected chi connectivity index (χ2v) is 6.74. The Morgan fingerprint density at radius 1 is 1.14 bits per heavy atom. The van der Waals surface area contributed by atoms with Crippen molar-refractivity contribution in [1.29, 1.82) is 0 Å². The summed E-state index contributed by atoms with van der Waals surface area (Å²) in [7, 11) is 4.39. The predicted molar refractivity (Wildman–Crippen MR) is 88.5 cm³/mol. The topological polar surface area (TPSA) is 24.5 Å². The number of ether oxygens (including phenoxy) is 1. The summed E-state index contributed by atoms with van der Waals surface area (Å²) in [6, 6.07) is 11.2. The normalized spacial score (nSPS) is 19.9. The van der Waals surface area contributed by atoms with E-state index in [4.69, 9.17) is 4.74 Å². The van der Waals surface area contributed by atoms with Gasteiger partial charge < -0.3 is 15.0 Å². The molecule has 2 rings (SSSR count). The molecule has 0 spiro atoms. The first kappa shape index (κ1) is 16.5. The number of benzene rings is 1. The van der Waals surface area contributed by atoms with E-state index in [1.807, 2.05) is 0 Å². The van der Waals surface area contributed by atoms with Crippen LogP contribution in [0.3, 0.4) is 0 Å². The van der Waals surface area contributed by atoms with E-state index < -0.39 is 0 Å². The molecule has 0 aromatic heterocycles. The van der Waals surface area contributed by atoms with Crippen LogP contribution in [-0.2, 0) is 4.74 Å². The van der Waals surface area contributed by atoms with Crippen molar-refractivity contribution < 1.29 is 4.74 Å². The number of hydrogen-bond donors (Lipinski definition) is 1. The quantitative estimate of drug-likeness (QED) is 0.871. The van der Waals surface area contributed by atoms with Crippen LogP contribution in [0.1, 0.15) is 38.3 Å². The lowest BCUT2D eigenvalue weighted by atomic mass is 9.87. The molecule has 1 aromatic rings.